The molecule has 8 nitrogen and oxygen atoms in total. The normalized spacial score (nSPS) is 12.3. The summed E-state index contributed by atoms with van der Waals surface area (Å²) in [7, 11) is 0. The minimum Gasteiger partial charge on any atom is -0.490 e. The molecule has 0 aliphatic carbocycles. The number of nitrogens with one attached hydrogen (secondary N) is 2. The van der Waals surface area contributed by atoms with Gasteiger partial charge in [0.15, 0.2) is 17.6 Å². The fraction of sp³-hybridized carbons (Fsp3) is 0.206. The van der Waals surface area contributed by atoms with Crippen LogP contribution in [0.5, 0.6) is 17.2 Å². The van der Waals surface area contributed by atoms with Crippen molar-refractivity contribution in [2.75, 3.05) is 6.61 Å². The van der Waals surface area contributed by atoms with E-state index in [1.165, 1.54) is 12.3 Å². The number of ether oxygens (including phenoxy) is 3. The van der Waals surface area contributed by atoms with Crippen LogP contribution >= 0.6 is 46.4 Å². The van der Waals surface area contributed by atoms with Gasteiger partial charge in [0.1, 0.15) is 18.4 Å². The zero-order valence-electron chi connectivity index (χ0n) is 24.9. The summed E-state index contributed by atoms with van der Waals surface area (Å²) in [5.41, 5.74) is 4.79. The van der Waals surface area contributed by atoms with Crippen molar-refractivity contribution >= 4 is 64.4 Å². The first kappa shape index (κ1) is 34.9. The van der Waals surface area contributed by atoms with E-state index in [9.17, 15) is 9.59 Å². The Bertz CT molecular complexity index is 1690. The minimum absolute atomic E-state index is 0.213. The predicted molar refractivity (Wildman–Crippen MR) is 183 cm³/mol. The molecule has 0 heterocycles. The van der Waals surface area contributed by atoms with E-state index in [1.807, 2.05) is 37.3 Å². The van der Waals surface area contributed by atoms with Crippen molar-refractivity contribution in [1.29, 1.82) is 0 Å². The molecular formula is C34H31Cl4N3O5. The van der Waals surface area contributed by atoms with Crippen LogP contribution in [0.4, 0.5) is 0 Å². The molecule has 4 rings (SSSR count). The van der Waals surface area contributed by atoms with Crippen molar-refractivity contribution in [3.8, 4) is 17.2 Å². The number of hydrogen-bond acceptors (Lipinski definition) is 6. The molecule has 0 radical (unpaired) electrons. The van der Waals surface area contributed by atoms with Crippen LogP contribution in [-0.4, -0.2) is 36.8 Å². The van der Waals surface area contributed by atoms with Gasteiger partial charge in [-0.15, -0.1) is 0 Å². The SMILES string of the molecule is CCOc1cc(/C=N\NC(=O)[C@@H](Cc2ccccc2)NC(=O)[C@H](C)Oc2ccc(Cl)cc2Cl)ccc1OCc1ccc(Cl)cc1Cl. The highest BCUT2D eigenvalue weighted by Gasteiger charge is 2.25. The summed E-state index contributed by atoms with van der Waals surface area (Å²) >= 11 is 24.4. The summed E-state index contributed by atoms with van der Waals surface area (Å²) in [5, 5.41) is 8.62. The second kappa shape index (κ2) is 17.1. The number of benzene rings is 4. The first-order valence-corrected chi connectivity index (χ1v) is 15.8. The fourth-order valence-electron chi connectivity index (χ4n) is 4.20. The van der Waals surface area contributed by atoms with Gasteiger partial charge in [-0.25, -0.2) is 5.43 Å². The molecule has 0 saturated heterocycles. The maximum atomic E-state index is 13.3. The van der Waals surface area contributed by atoms with Crippen LogP contribution in [-0.2, 0) is 22.6 Å². The number of amides is 2. The zero-order chi connectivity index (χ0) is 33.1. The van der Waals surface area contributed by atoms with Crippen molar-refractivity contribution in [2.24, 2.45) is 5.10 Å². The van der Waals surface area contributed by atoms with E-state index in [2.05, 4.69) is 15.8 Å². The molecule has 46 heavy (non-hydrogen) atoms. The molecule has 0 aliphatic heterocycles. The molecule has 0 saturated carbocycles. The van der Waals surface area contributed by atoms with E-state index < -0.39 is 24.0 Å². The summed E-state index contributed by atoms with van der Waals surface area (Å²) in [5.74, 6) is 0.264. The van der Waals surface area contributed by atoms with Crippen LogP contribution < -0.4 is 25.0 Å². The van der Waals surface area contributed by atoms with Crippen LogP contribution in [0.2, 0.25) is 20.1 Å². The van der Waals surface area contributed by atoms with Crippen LogP contribution in [0, 0.1) is 0 Å². The Morgan fingerprint density at radius 1 is 0.804 bits per heavy atom. The zero-order valence-corrected chi connectivity index (χ0v) is 28.0. The maximum absolute atomic E-state index is 13.3. The molecule has 240 valence electrons. The smallest absolute Gasteiger partial charge is 0.262 e. The van der Waals surface area contributed by atoms with E-state index in [0.717, 1.165) is 11.1 Å². The molecule has 0 bridgehead atoms. The maximum Gasteiger partial charge on any atom is 0.262 e. The number of carbonyl (C=O) groups is 2. The Morgan fingerprint density at radius 3 is 2.20 bits per heavy atom. The van der Waals surface area contributed by atoms with Gasteiger partial charge >= 0.3 is 0 Å². The largest absolute Gasteiger partial charge is 0.490 e. The van der Waals surface area contributed by atoms with Gasteiger partial charge in [-0.1, -0.05) is 82.8 Å². The molecule has 4 aromatic rings. The summed E-state index contributed by atoms with van der Waals surface area (Å²) < 4.78 is 17.5. The van der Waals surface area contributed by atoms with E-state index in [4.69, 9.17) is 60.6 Å². The average molecular weight is 703 g/mol. The Morgan fingerprint density at radius 2 is 1.50 bits per heavy atom. The number of rotatable bonds is 14. The van der Waals surface area contributed by atoms with Crippen LogP contribution in [0.1, 0.15) is 30.5 Å². The standard InChI is InChI=1S/C34H31Cl4N3O5/c1-3-44-32-16-23(9-13-31(32)45-20-24-10-11-25(35)17-27(24)37)19-39-41-34(43)29(15-22-7-5-4-6-8-22)40-33(42)21(2)46-30-14-12-26(36)18-28(30)38/h4-14,16-19,21,29H,3,15,20H2,1-2H3,(H,40,42)(H,41,43)/b39-19-/t21-,29+/m0/s1. The number of halogens is 4. The van der Waals surface area contributed by atoms with Crippen molar-refractivity contribution in [3.63, 3.8) is 0 Å². The predicted octanol–water partition coefficient (Wildman–Crippen LogP) is 7.92. The molecule has 0 aliphatic rings. The average Bonchev–Trinajstić information content (AvgIpc) is 3.03. The van der Waals surface area contributed by atoms with E-state index in [-0.39, 0.29) is 18.1 Å². The summed E-state index contributed by atoms with van der Waals surface area (Å²) in [6.45, 7) is 4.04. The molecule has 0 spiro atoms. The fourth-order valence-corrected chi connectivity index (χ4v) is 5.11. The van der Waals surface area contributed by atoms with E-state index in [0.29, 0.717) is 44.5 Å². The Kier molecular flexibility index (Phi) is 13.0. The van der Waals surface area contributed by atoms with Gasteiger partial charge in [-0.2, -0.15) is 5.10 Å². The van der Waals surface area contributed by atoms with Crippen molar-refractivity contribution in [1.82, 2.24) is 10.7 Å². The molecule has 2 atom stereocenters. The highest BCUT2D eigenvalue weighted by Crippen LogP contribution is 2.31. The molecule has 2 amide bonds. The summed E-state index contributed by atoms with van der Waals surface area (Å²) in [4.78, 5) is 26.3. The third kappa shape index (κ3) is 10.3. The Labute approximate surface area is 287 Å². The minimum atomic E-state index is -0.957. The lowest BCUT2D eigenvalue weighted by Gasteiger charge is -2.21. The molecule has 0 unspecified atom stereocenters. The monoisotopic (exact) mass is 701 g/mol. The second-order valence-electron chi connectivity index (χ2n) is 9.98. The molecule has 0 aromatic heterocycles. The van der Waals surface area contributed by atoms with E-state index in [1.54, 1.807) is 55.5 Å². The first-order valence-electron chi connectivity index (χ1n) is 14.3. The molecule has 4 aromatic carbocycles. The molecule has 2 N–H and O–H groups in total. The summed E-state index contributed by atoms with van der Waals surface area (Å²) in [6, 6.07) is 23.5. The van der Waals surface area contributed by atoms with Gasteiger partial charge in [0.05, 0.1) is 17.8 Å². The number of hydrogen-bond donors (Lipinski definition) is 2. The third-order valence-electron chi connectivity index (χ3n) is 6.54. The molecular weight excluding hydrogens is 672 g/mol. The molecule has 12 heteroatoms. The molecule has 0 fully saturated rings. The topological polar surface area (TPSA) is 98.2 Å². The van der Waals surface area contributed by atoms with Gasteiger partial charge in [0.2, 0.25) is 0 Å². The number of carbonyl (C=O) groups excluding carboxylic acids is 2. The van der Waals surface area contributed by atoms with Gasteiger partial charge in [-0.3, -0.25) is 9.59 Å². The lowest BCUT2D eigenvalue weighted by atomic mass is 10.1. The lowest BCUT2D eigenvalue weighted by molar-refractivity contribution is -0.132. The van der Waals surface area contributed by atoms with Crippen molar-refractivity contribution in [3.05, 3.63) is 122 Å². The van der Waals surface area contributed by atoms with Crippen LogP contribution in [0.25, 0.3) is 0 Å². The Hall–Kier alpha value is -3.95. The first-order chi connectivity index (χ1) is 22.1. The van der Waals surface area contributed by atoms with Crippen LogP contribution in [0.3, 0.4) is 0 Å². The van der Waals surface area contributed by atoms with Crippen molar-refractivity contribution in [2.45, 2.75) is 39.0 Å². The summed E-state index contributed by atoms with van der Waals surface area (Å²) in [6.07, 6.45) is 0.734. The number of hydrazone groups is 1. The van der Waals surface area contributed by atoms with Crippen molar-refractivity contribution < 1.29 is 23.8 Å². The Balaban J connectivity index is 1.42. The highest BCUT2D eigenvalue weighted by atomic mass is 35.5. The quantitative estimate of drug-likeness (QED) is 0.103. The van der Waals surface area contributed by atoms with Gasteiger partial charge in [0.25, 0.3) is 11.8 Å². The van der Waals surface area contributed by atoms with Gasteiger partial charge < -0.3 is 19.5 Å². The van der Waals surface area contributed by atoms with Crippen LogP contribution in [0.15, 0.2) is 90.0 Å². The second-order valence-corrected chi connectivity index (χ2v) is 11.7. The van der Waals surface area contributed by atoms with Gasteiger partial charge in [0, 0.05) is 27.1 Å². The van der Waals surface area contributed by atoms with Gasteiger partial charge in [-0.05, 0) is 73.5 Å². The number of nitrogens with zero attached hydrogens (tertiary/aromatic N) is 1. The highest BCUT2D eigenvalue weighted by molar-refractivity contribution is 6.35. The van der Waals surface area contributed by atoms with E-state index >= 15 is 0 Å². The third-order valence-corrected chi connectivity index (χ3v) is 7.65. The lowest BCUT2D eigenvalue weighted by Crippen LogP contribution is -2.50.